The number of nitro benzene ring substituents is 1. The first-order chi connectivity index (χ1) is 16.0. The van der Waals surface area contributed by atoms with Crippen LogP contribution in [0.3, 0.4) is 0 Å². The molecular formula is C21H25NO11S. The van der Waals surface area contributed by atoms with Crippen LogP contribution in [0, 0.1) is 10.1 Å². The Labute approximate surface area is 199 Å². The van der Waals surface area contributed by atoms with E-state index in [1.54, 1.807) is 12.1 Å². The Hall–Kier alpha value is -3.19. The molecule has 0 radical (unpaired) electrons. The van der Waals surface area contributed by atoms with Crippen LogP contribution in [-0.2, 0) is 48.6 Å². The van der Waals surface area contributed by atoms with E-state index in [4.69, 9.17) is 23.7 Å². The number of rotatable bonds is 9. The van der Waals surface area contributed by atoms with Crippen molar-refractivity contribution in [2.24, 2.45) is 0 Å². The number of ether oxygens (including phenoxy) is 5. The highest BCUT2D eigenvalue weighted by Gasteiger charge is 2.52. The van der Waals surface area contributed by atoms with Gasteiger partial charge in [0.05, 0.1) is 4.92 Å². The average molecular weight is 499 g/mol. The fourth-order valence-electron chi connectivity index (χ4n) is 3.22. The molecular weight excluding hydrogens is 474 g/mol. The van der Waals surface area contributed by atoms with Crippen LogP contribution in [0.15, 0.2) is 24.3 Å². The van der Waals surface area contributed by atoms with Gasteiger partial charge in [-0.3, -0.25) is 29.3 Å². The smallest absolute Gasteiger partial charge is 0.303 e. The molecule has 1 aromatic rings. The first-order valence-corrected chi connectivity index (χ1v) is 11.2. The van der Waals surface area contributed by atoms with Crippen LogP contribution in [0.5, 0.6) is 0 Å². The quantitative estimate of drug-likeness (QED) is 0.211. The normalized spacial score (nSPS) is 23.9. The minimum Gasteiger partial charge on any atom is -0.463 e. The van der Waals surface area contributed by atoms with Gasteiger partial charge in [0.2, 0.25) is 0 Å². The molecule has 0 N–H and O–H groups in total. The second-order valence-corrected chi connectivity index (χ2v) is 8.39. The molecule has 0 spiro atoms. The van der Waals surface area contributed by atoms with E-state index < -0.39 is 58.7 Å². The second-order valence-electron chi connectivity index (χ2n) is 7.30. The summed E-state index contributed by atoms with van der Waals surface area (Å²) in [4.78, 5) is 57.1. The summed E-state index contributed by atoms with van der Waals surface area (Å²) in [5.41, 5.74) is -0.277. The summed E-state index contributed by atoms with van der Waals surface area (Å²) >= 11 is 1.16. The Kier molecular flexibility index (Phi) is 9.81. The highest BCUT2D eigenvalue weighted by Crippen LogP contribution is 2.35. The zero-order valence-corrected chi connectivity index (χ0v) is 19.8. The molecule has 1 heterocycles. The van der Waals surface area contributed by atoms with Gasteiger partial charge in [0.25, 0.3) is 5.69 Å². The van der Waals surface area contributed by atoms with Crippen LogP contribution in [0.2, 0.25) is 0 Å². The maximum absolute atomic E-state index is 11.8. The fourth-order valence-corrected chi connectivity index (χ4v) is 4.39. The number of non-ortho nitro benzene ring substituents is 1. The van der Waals surface area contributed by atoms with Gasteiger partial charge in [-0.05, 0) is 5.56 Å². The molecule has 0 bridgehead atoms. The first kappa shape index (κ1) is 27.1. The second kappa shape index (κ2) is 12.3. The van der Waals surface area contributed by atoms with Gasteiger partial charge in [0.15, 0.2) is 18.3 Å². The molecule has 0 aliphatic carbocycles. The summed E-state index contributed by atoms with van der Waals surface area (Å²) < 4.78 is 27.1. The molecule has 186 valence electrons. The van der Waals surface area contributed by atoms with Crippen molar-refractivity contribution in [2.45, 2.75) is 63.3 Å². The minimum atomic E-state index is -1.24. The van der Waals surface area contributed by atoms with Crippen LogP contribution in [0.4, 0.5) is 5.69 Å². The molecule has 0 amide bonds. The Morgan fingerprint density at radius 1 is 0.882 bits per heavy atom. The van der Waals surface area contributed by atoms with E-state index in [1.807, 2.05) is 0 Å². The highest BCUT2D eigenvalue weighted by atomic mass is 32.2. The minimum absolute atomic E-state index is 0.0685. The number of carbonyl (C=O) groups is 4. The number of nitro groups is 1. The number of benzene rings is 1. The topological polar surface area (TPSA) is 158 Å². The van der Waals surface area contributed by atoms with Gasteiger partial charge in [-0.25, -0.2) is 0 Å². The van der Waals surface area contributed by atoms with Crippen molar-refractivity contribution in [3.8, 4) is 0 Å². The number of hydrogen-bond acceptors (Lipinski definition) is 12. The molecule has 1 aliphatic heterocycles. The van der Waals surface area contributed by atoms with E-state index in [0.717, 1.165) is 32.5 Å². The number of esters is 4. The maximum atomic E-state index is 11.8. The van der Waals surface area contributed by atoms with E-state index in [-0.39, 0.29) is 18.0 Å². The molecule has 5 atom stereocenters. The van der Waals surface area contributed by atoms with Crippen molar-refractivity contribution in [3.63, 3.8) is 0 Å². The maximum Gasteiger partial charge on any atom is 0.303 e. The SMILES string of the molecule is CC(=O)OC[C@@H]1O[C@H](SCc2ccc([N+](=O)[O-])cc2)[C@H](OC(C)=O)[C@@H](OC(C)=O)[C@@H]1OC(C)=O. The lowest BCUT2D eigenvalue weighted by molar-refractivity contribution is -0.384. The van der Waals surface area contributed by atoms with E-state index in [2.05, 4.69) is 0 Å². The molecule has 1 aliphatic rings. The van der Waals surface area contributed by atoms with Gasteiger partial charge in [-0.2, -0.15) is 0 Å². The van der Waals surface area contributed by atoms with Crippen molar-refractivity contribution in [1.82, 2.24) is 0 Å². The Morgan fingerprint density at radius 3 is 1.91 bits per heavy atom. The molecule has 13 heteroatoms. The lowest BCUT2D eigenvalue weighted by Crippen LogP contribution is -2.61. The van der Waals surface area contributed by atoms with Gasteiger partial charge < -0.3 is 23.7 Å². The zero-order chi connectivity index (χ0) is 25.4. The molecule has 1 fully saturated rings. The van der Waals surface area contributed by atoms with Crippen molar-refractivity contribution < 1.29 is 47.8 Å². The lowest BCUT2D eigenvalue weighted by Gasteiger charge is -2.44. The van der Waals surface area contributed by atoms with Crippen LogP contribution >= 0.6 is 11.8 Å². The average Bonchev–Trinajstić information content (AvgIpc) is 2.73. The molecule has 34 heavy (non-hydrogen) atoms. The van der Waals surface area contributed by atoms with Crippen molar-refractivity contribution in [1.29, 1.82) is 0 Å². The van der Waals surface area contributed by atoms with Crippen LogP contribution in [0.25, 0.3) is 0 Å². The molecule has 1 aromatic carbocycles. The monoisotopic (exact) mass is 499 g/mol. The third-order valence-corrected chi connectivity index (χ3v) is 5.72. The Morgan fingerprint density at radius 2 is 1.41 bits per heavy atom. The molecule has 12 nitrogen and oxygen atoms in total. The predicted octanol–water partition coefficient (Wildman–Crippen LogP) is 1.91. The Balaban J connectivity index is 2.34. The summed E-state index contributed by atoms with van der Waals surface area (Å²) in [5, 5.41) is 10.9. The summed E-state index contributed by atoms with van der Waals surface area (Å²) in [6, 6.07) is 5.83. The van der Waals surface area contributed by atoms with Crippen LogP contribution < -0.4 is 0 Å². The number of hydrogen-bond donors (Lipinski definition) is 0. The molecule has 1 saturated heterocycles. The number of carbonyl (C=O) groups excluding carboxylic acids is 4. The van der Waals surface area contributed by atoms with E-state index in [1.165, 1.54) is 19.1 Å². The zero-order valence-electron chi connectivity index (χ0n) is 19.0. The highest BCUT2D eigenvalue weighted by molar-refractivity contribution is 7.99. The van der Waals surface area contributed by atoms with Crippen molar-refractivity contribution >= 4 is 41.3 Å². The van der Waals surface area contributed by atoms with Crippen molar-refractivity contribution in [2.75, 3.05) is 6.61 Å². The van der Waals surface area contributed by atoms with Crippen LogP contribution in [0.1, 0.15) is 33.3 Å². The summed E-state index contributed by atoms with van der Waals surface area (Å²) in [6.45, 7) is 4.33. The largest absolute Gasteiger partial charge is 0.463 e. The van der Waals surface area contributed by atoms with E-state index in [9.17, 15) is 29.3 Å². The van der Waals surface area contributed by atoms with Gasteiger partial charge in [-0.1, -0.05) is 12.1 Å². The number of thioether (sulfide) groups is 1. The van der Waals surface area contributed by atoms with E-state index in [0.29, 0.717) is 5.56 Å². The third-order valence-electron chi connectivity index (χ3n) is 4.51. The summed E-state index contributed by atoms with van der Waals surface area (Å²) in [6.07, 6.45) is -4.66. The summed E-state index contributed by atoms with van der Waals surface area (Å²) in [5.74, 6) is -2.44. The molecule has 0 saturated carbocycles. The van der Waals surface area contributed by atoms with Gasteiger partial charge >= 0.3 is 23.9 Å². The lowest BCUT2D eigenvalue weighted by atomic mass is 9.99. The third kappa shape index (κ3) is 7.99. The molecule has 0 aromatic heterocycles. The van der Waals surface area contributed by atoms with Gasteiger partial charge in [0.1, 0.15) is 18.1 Å². The fraction of sp³-hybridized carbons (Fsp3) is 0.524. The number of nitrogens with zero attached hydrogens (tertiary/aromatic N) is 1. The molecule has 2 rings (SSSR count). The van der Waals surface area contributed by atoms with Crippen LogP contribution in [-0.4, -0.2) is 65.3 Å². The van der Waals surface area contributed by atoms with Crippen molar-refractivity contribution in [3.05, 3.63) is 39.9 Å². The first-order valence-electron chi connectivity index (χ1n) is 10.1. The van der Waals surface area contributed by atoms with Gasteiger partial charge in [-0.15, -0.1) is 11.8 Å². The summed E-state index contributed by atoms with van der Waals surface area (Å²) in [7, 11) is 0. The standard InChI is InChI=1S/C21H25NO11S/c1-11(23)29-9-17-18(30-12(2)24)19(31-13(3)25)20(32-14(4)26)21(33-17)34-10-15-5-7-16(8-6-15)22(27)28/h5-8,17-21H,9-10H2,1-4H3/t17-,18+,19-,20+,21+/m0/s1. The Bertz CT molecular complexity index is 920. The molecule has 0 unspecified atom stereocenters. The van der Waals surface area contributed by atoms with E-state index >= 15 is 0 Å². The van der Waals surface area contributed by atoms with Gasteiger partial charge in [0, 0.05) is 45.6 Å². The predicted molar refractivity (Wildman–Crippen MR) is 116 cm³/mol.